The third-order valence-corrected chi connectivity index (χ3v) is 6.18. The van der Waals surface area contributed by atoms with E-state index in [1.54, 1.807) is 6.07 Å². The first-order chi connectivity index (χ1) is 14.3. The number of rotatable bonds is 3. The fourth-order valence-corrected chi connectivity index (χ4v) is 4.42. The third-order valence-electron chi connectivity index (χ3n) is 6.18. The number of carbonyl (C=O) groups is 1. The van der Waals surface area contributed by atoms with Crippen molar-refractivity contribution >= 4 is 11.6 Å². The summed E-state index contributed by atoms with van der Waals surface area (Å²) in [5.74, 6) is 0.0201. The molecule has 160 valence electrons. The van der Waals surface area contributed by atoms with E-state index in [4.69, 9.17) is 0 Å². The van der Waals surface area contributed by atoms with Crippen LogP contribution in [0.15, 0.2) is 48.5 Å². The highest BCUT2D eigenvalue weighted by molar-refractivity contribution is 5.95. The second-order valence-electron chi connectivity index (χ2n) is 8.16. The highest BCUT2D eigenvalue weighted by Crippen LogP contribution is 2.37. The van der Waals surface area contributed by atoms with Gasteiger partial charge in [-0.2, -0.15) is 13.2 Å². The first-order valence-electron chi connectivity index (χ1n) is 10.3. The molecule has 0 atom stereocenters. The van der Waals surface area contributed by atoms with E-state index in [1.165, 1.54) is 11.6 Å². The summed E-state index contributed by atoms with van der Waals surface area (Å²) in [6.45, 7) is 1.84. The Balaban J connectivity index is 1.40. The van der Waals surface area contributed by atoms with Crippen LogP contribution in [0, 0.1) is 0 Å². The lowest BCUT2D eigenvalue weighted by Crippen LogP contribution is -2.48. The van der Waals surface area contributed by atoms with E-state index in [1.807, 2.05) is 34.1 Å². The molecule has 0 saturated carbocycles. The Labute approximate surface area is 173 Å². The molecule has 30 heavy (non-hydrogen) atoms. The van der Waals surface area contributed by atoms with Crippen molar-refractivity contribution in [2.75, 3.05) is 31.1 Å². The molecule has 2 aliphatic heterocycles. The predicted octanol–water partition coefficient (Wildman–Crippen LogP) is 3.97. The summed E-state index contributed by atoms with van der Waals surface area (Å²) >= 11 is 0. The Hall–Kier alpha value is -2.38. The first kappa shape index (κ1) is 20.9. The molecule has 2 aromatic carbocycles. The van der Waals surface area contributed by atoms with Crippen molar-refractivity contribution in [3.05, 3.63) is 65.2 Å². The molecule has 2 aliphatic rings. The minimum absolute atomic E-state index is 0.0201. The highest BCUT2D eigenvalue weighted by atomic mass is 19.4. The van der Waals surface area contributed by atoms with Gasteiger partial charge in [0.2, 0.25) is 5.91 Å². The minimum Gasteiger partial charge on any atom is -0.385 e. The summed E-state index contributed by atoms with van der Waals surface area (Å²) in [6, 6.07) is 12.8. The van der Waals surface area contributed by atoms with Crippen LogP contribution in [0.25, 0.3) is 0 Å². The number of piperidine rings is 1. The van der Waals surface area contributed by atoms with Gasteiger partial charge in [0.05, 0.1) is 17.7 Å². The number of benzene rings is 2. The van der Waals surface area contributed by atoms with E-state index >= 15 is 0 Å². The molecule has 2 heterocycles. The molecule has 1 saturated heterocycles. The molecule has 0 spiro atoms. The third kappa shape index (κ3) is 4.23. The van der Waals surface area contributed by atoms with Crippen LogP contribution in [-0.2, 0) is 23.0 Å². The summed E-state index contributed by atoms with van der Waals surface area (Å²) in [7, 11) is 0. The van der Waals surface area contributed by atoms with Gasteiger partial charge < -0.3 is 10.0 Å². The Morgan fingerprint density at radius 1 is 1.03 bits per heavy atom. The molecule has 4 nitrogen and oxygen atoms in total. The van der Waals surface area contributed by atoms with Gasteiger partial charge in [0, 0.05) is 25.3 Å². The molecular formula is C23H25F3N2O2. The van der Waals surface area contributed by atoms with Crippen molar-refractivity contribution in [3.8, 4) is 0 Å². The normalized spacial score (nSPS) is 19.4. The van der Waals surface area contributed by atoms with Crippen molar-refractivity contribution in [1.29, 1.82) is 0 Å². The Kier molecular flexibility index (Phi) is 5.59. The number of carbonyl (C=O) groups excluding carboxylic acids is 1. The number of aliphatic hydroxyl groups is 1. The van der Waals surface area contributed by atoms with Crippen molar-refractivity contribution in [3.63, 3.8) is 0 Å². The number of likely N-dealkylation sites (tertiary alicyclic amines) is 1. The Bertz CT molecular complexity index is 921. The predicted molar refractivity (Wildman–Crippen MR) is 108 cm³/mol. The van der Waals surface area contributed by atoms with E-state index in [2.05, 4.69) is 0 Å². The van der Waals surface area contributed by atoms with Gasteiger partial charge in [-0.3, -0.25) is 9.69 Å². The minimum atomic E-state index is -4.44. The van der Waals surface area contributed by atoms with Crippen LogP contribution < -0.4 is 4.90 Å². The zero-order valence-electron chi connectivity index (χ0n) is 16.7. The fourth-order valence-electron chi connectivity index (χ4n) is 4.42. The molecule has 7 heteroatoms. The van der Waals surface area contributed by atoms with E-state index in [-0.39, 0.29) is 30.9 Å². The largest absolute Gasteiger partial charge is 0.416 e. The quantitative estimate of drug-likeness (QED) is 0.821. The van der Waals surface area contributed by atoms with Crippen LogP contribution in [0.1, 0.15) is 36.0 Å². The number of hydrogen-bond donors (Lipinski definition) is 1. The molecule has 0 aromatic heterocycles. The fraction of sp³-hybridized carbons (Fsp3) is 0.435. The maximum Gasteiger partial charge on any atom is 0.416 e. The van der Waals surface area contributed by atoms with E-state index < -0.39 is 17.3 Å². The Morgan fingerprint density at radius 3 is 2.50 bits per heavy atom. The number of aryl methyl sites for hydroxylation is 1. The highest BCUT2D eigenvalue weighted by Gasteiger charge is 2.37. The van der Waals surface area contributed by atoms with Crippen molar-refractivity contribution < 1.29 is 23.1 Å². The average Bonchev–Trinajstić information content (AvgIpc) is 2.74. The number of halogens is 3. The molecule has 4 rings (SSSR count). The molecule has 0 radical (unpaired) electrons. The maximum atomic E-state index is 13.0. The lowest BCUT2D eigenvalue weighted by molar-refractivity contribution is -0.137. The van der Waals surface area contributed by atoms with E-state index in [0.29, 0.717) is 19.6 Å². The summed E-state index contributed by atoms with van der Waals surface area (Å²) < 4.78 is 39.0. The maximum absolute atomic E-state index is 13.0. The molecule has 0 bridgehead atoms. The van der Waals surface area contributed by atoms with Gasteiger partial charge in [-0.25, -0.2) is 0 Å². The molecule has 1 N–H and O–H groups in total. The van der Waals surface area contributed by atoms with Crippen LogP contribution in [0.4, 0.5) is 18.9 Å². The second kappa shape index (κ2) is 8.04. The summed E-state index contributed by atoms with van der Waals surface area (Å²) in [5.41, 5.74) is 0.363. The van der Waals surface area contributed by atoms with Gasteiger partial charge in [-0.05, 0) is 55.0 Å². The van der Waals surface area contributed by atoms with E-state index in [0.717, 1.165) is 30.7 Å². The molecule has 1 fully saturated rings. The Morgan fingerprint density at radius 2 is 1.77 bits per heavy atom. The molecule has 2 aromatic rings. The molecule has 0 unspecified atom stereocenters. The van der Waals surface area contributed by atoms with Crippen LogP contribution in [0.5, 0.6) is 0 Å². The lowest BCUT2D eigenvalue weighted by Gasteiger charge is -2.39. The number of anilines is 1. The van der Waals surface area contributed by atoms with Gasteiger partial charge in [0.1, 0.15) is 0 Å². The second-order valence-corrected chi connectivity index (χ2v) is 8.16. The lowest BCUT2D eigenvalue weighted by atomic mass is 9.83. The van der Waals surface area contributed by atoms with Crippen LogP contribution >= 0.6 is 0 Å². The topological polar surface area (TPSA) is 43.8 Å². The molecular weight excluding hydrogens is 393 g/mol. The van der Waals surface area contributed by atoms with Crippen molar-refractivity contribution in [2.24, 2.45) is 0 Å². The zero-order valence-corrected chi connectivity index (χ0v) is 16.7. The SMILES string of the molecule is O=C(CN1CCC(O)(c2cccc(C(F)(F)F)c2)CC1)N1CCCc2ccccc21. The van der Waals surface area contributed by atoms with Gasteiger partial charge >= 0.3 is 6.18 Å². The van der Waals surface area contributed by atoms with Crippen molar-refractivity contribution in [1.82, 2.24) is 4.90 Å². The number of hydrogen-bond acceptors (Lipinski definition) is 3. The number of nitrogens with zero attached hydrogens (tertiary/aromatic N) is 2. The van der Waals surface area contributed by atoms with E-state index in [9.17, 15) is 23.1 Å². The summed E-state index contributed by atoms with van der Waals surface area (Å²) in [4.78, 5) is 16.7. The smallest absolute Gasteiger partial charge is 0.385 e. The van der Waals surface area contributed by atoms with Crippen LogP contribution in [0.3, 0.4) is 0 Å². The zero-order chi connectivity index (χ0) is 21.4. The van der Waals surface area contributed by atoms with Gasteiger partial charge in [0.15, 0.2) is 0 Å². The summed E-state index contributed by atoms with van der Waals surface area (Å²) in [5, 5.41) is 11.0. The van der Waals surface area contributed by atoms with Crippen LogP contribution in [-0.4, -0.2) is 42.1 Å². The molecule has 0 aliphatic carbocycles. The monoisotopic (exact) mass is 418 g/mol. The first-order valence-corrected chi connectivity index (χ1v) is 10.3. The van der Waals surface area contributed by atoms with Gasteiger partial charge in [0.25, 0.3) is 0 Å². The number of amides is 1. The van der Waals surface area contributed by atoms with Gasteiger partial charge in [-0.15, -0.1) is 0 Å². The number of fused-ring (bicyclic) bond motifs is 1. The number of para-hydroxylation sites is 1. The standard InChI is InChI=1S/C23H25F3N2O2/c24-23(25,26)19-8-3-7-18(15-19)22(30)10-13-27(14-11-22)16-21(29)28-12-4-6-17-5-1-2-9-20(17)28/h1-3,5,7-9,15,30H,4,6,10-14,16H2. The number of alkyl halides is 3. The van der Waals surface area contributed by atoms with Crippen LogP contribution in [0.2, 0.25) is 0 Å². The van der Waals surface area contributed by atoms with Gasteiger partial charge in [-0.1, -0.05) is 30.3 Å². The van der Waals surface area contributed by atoms with Crippen molar-refractivity contribution in [2.45, 2.75) is 37.5 Å². The average molecular weight is 418 g/mol. The molecule has 1 amide bonds. The summed E-state index contributed by atoms with van der Waals surface area (Å²) in [6.07, 6.45) is -1.97.